The average molecular weight is 353 g/mol. The van der Waals surface area contributed by atoms with E-state index in [0.717, 1.165) is 0 Å². The highest BCUT2D eigenvalue weighted by atomic mass is 32.2. The van der Waals surface area contributed by atoms with Gasteiger partial charge in [-0.1, -0.05) is 39.8 Å². The molecule has 7 heteroatoms. The zero-order valence-corrected chi connectivity index (χ0v) is 15.5. The molecule has 0 heterocycles. The van der Waals surface area contributed by atoms with Crippen LogP contribution < -0.4 is 4.74 Å². The number of rotatable bonds is 3. The second-order valence-electron chi connectivity index (χ2n) is 4.72. The molecular formula is C16H26F3NO2S. The summed E-state index contributed by atoms with van der Waals surface area (Å²) in [7, 11) is -1.46. The number of halogens is 3. The number of hydrogen-bond acceptors (Lipinski definition) is 2. The zero-order chi connectivity index (χ0) is 18.7. The summed E-state index contributed by atoms with van der Waals surface area (Å²) in [5.74, 6) is -0.335. The molecule has 0 spiro atoms. The molecule has 0 saturated heterocycles. The summed E-state index contributed by atoms with van der Waals surface area (Å²) in [6, 6.07) is 5.32. The maximum absolute atomic E-state index is 12.0. The number of nitrogens with zero attached hydrogens (tertiary/aromatic N) is 1. The normalized spacial score (nSPS) is 12.6. The van der Waals surface area contributed by atoms with Crippen LogP contribution in [0.4, 0.5) is 13.2 Å². The van der Waals surface area contributed by atoms with E-state index >= 15 is 0 Å². The summed E-state index contributed by atoms with van der Waals surface area (Å²) < 4.78 is 54.8. The van der Waals surface area contributed by atoms with Crippen LogP contribution in [0.1, 0.15) is 54.0 Å². The third kappa shape index (κ3) is 11.8. The van der Waals surface area contributed by atoms with Crippen molar-refractivity contribution >= 4 is 17.2 Å². The standard InChI is InChI=1S/C12H14F3NO2S.2C2H6/c1-11(2,3)19(17)16-8-9-5-4-6-10(7-9)18-12(13,14)15;2*1-2/h4-8H,1-3H3;2*1-2H3/b16-8+;;/t19-;;/m0../s1. The Balaban J connectivity index is 0. The van der Waals surface area contributed by atoms with Gasteiger partial charge in [-0.05, 0) is 38.5 Å². The fraction of sp³-hybridized carbons (Fsp3) is 0.562. The third-order valence-corrected chi connectivity index (χ3v) is 3.26. The first-order valence-corrected chi connectivity index (χ1v) is 8.50. The lowest BCUT2D eigenvalue weighted by molar-refractivity contribution is -0.274. The predicted octanol–water partition coefficient (Wildman–Crippen LogP) is 5.52. The van der Waals surface area contributed by atoms with Crippen LogP contribution in [0.2, 0.25) is 0 Å². The topological polar surface area (TPSA) is 38.7 Å². The molecule has 134 valence electrons. The molecule has 0 saturated carbocycles. The summed E-state index contributed by atoms with van der Waals surface area (Å²) in [6.45, 7) is 13.3. The Hall–Kier alpha value is -1.37. The van der Waals surface area contributed by atoms with Gasteiger partial charge in [0, 0.05) is 6.21 Å². The van der Waals surface area contributed by atoms with Crippen molar-refractivity contribution in [2.45, 2.75) is 59.6 Å². The molecule has 23 heavy (non-hydrogen) atoms. The van der Waals surface area contributed by atoms with E-state index in [4.69, 9.17) is 0 Å². The van der Waals surface area contributed by atoms with Gasteiger partial charge >= 0.3 is 6.36 Å². The molecule has 0 aliphatic heterocycles. The minimum absolute atomic E-state index is 0.335. The Morgan fingerprint density at radius 2 is 1.61 bits per heavy atom. The Labute approximate surface area is 139 Å². The Morgan fingerprint density at radius 3 is 2.04 bits per heavy atom. The second kappa shape index (κ2) is 11.2. The van der Waals surface area contributed by atoms with Gasteiger partial charge in [0.05, 0.1) is 4.75 Å². The molecule has 0 aromatic heterocycles. The van der Waals surface area contributed by atoms with Crippen molar-refractivity contribution in [3.63, 3.8) is 0 Å². The first kappa shape index (κ1) is 23.9. The highest BCUT2D eigenvalue weighted by Crippen LogP contribution is 2.23. The fourth-order valence-corrected chi connectivity index (χ4v) is 1.59. The lowest BCUT2D eigenvalue weighted by Gasteiger charge is -2.12. The maximum Gasteiger partial charge on any atom is 0.573 e. The molecule has 1 aromatic carbocycles. The van der Waals surface area contributed by atoms with E-state index in [0.29, 0.717) is 5.56 Å². The van der Waals surface area contributed by atoms with Crippen molar-refractivity contribution in [3.05, 3.63) is 29.8 Å². The number of alkyl halides is 3. The smallest absolute Gasteiger partial charge is 0.406 e. The minimum atomic E-state index is -4.73. The van der Waals surface area contributed by atoms with Crippen molar-refractivity contribution in [2.75, 3.05) is 0 Å². The summed E-state index contributed by atoms with van der Waals surface area (Å²) in [4.78, 5) is 0. The van der Waals surface area contributed by atoms with Crippen LogP contribution in [-0.2, 0) is 11.0 Å². The second-order valence-corrected chi connectivity index (χ2v) is 6.65. The summed E-state index contributed by atoms with van der Waals surface area (Å²) in [5.41, 5.74) is 0.388. The molecule has 0 fully saturated rings. The van der Waals surface area contributed by atoms with Gasteiger partial charge in [0.25, 0.3) is 0 Å². The molecule has 0 aliphatic carbocycles. The first-order chi connectivity index (χ1) is 10.6. The van der Waals surface area contributed by atoms with Gasteiger partial charge in [0.1, 0.15) is 16.7 Å². The lowest BCUT2D eigenvalue weighted by atomic mass is 10.2. The van der Waals surface area contributed by atoms with Crippen LogP contribution in [0, 0.1) is 0 Å². The fourth-order valence-electron chi connectivity index (χ4n) is 1.06. The van der Waals surface area contributed by atoms with Crippen molar-refractivity contribution in [1.82, 2.24) is 0 Å². The summed E-state index contributed by atoms with van der Waals surface area (Å²) in [5, 5.41) is 0. The highest BCUT2D eigenvalue weighted by Gasteiger charge is 2.31. The quantitative estimate of drug-likeness (QED) is 0.671. The van der Waals surface area contributed by atoms with Crippen LogP contribution >= 0.6 is 0 Å². The van der Waals surface area contributed by atoms with E-state index in [1.807, 2.05) is 27.7 Å². The number of hydrogen-bond donors (Lipinski definition) is 0. The van der Waals surface area contributed by atoms with Crippen molar-refractivity contribution in [3.8, 4) is 5.75 Å². The van der Waals surface area contributed by atoms with E-state index in [1.165, 1.54) is 24.4 Å². The zero-order valence-electron chi connectivity index (χ0n) is 14.7. The first-order valence-electron chi connectivity index (χ1n) is 7.40. The molecular weight excluding hydrogens is 327 g/mol. The Morgan fingerprint density at radius 1 is 1.09 bits per heavy atom. The largest absolute Gasteiger partial charge is 0.573 e. The van der Waals surface area contributed by atoms with Gasteiger partial charge < -0.3 is 4.74 Å². The van der Waals surface area contributed by atoms with Gasteiger partial charge in [-0.25, -0.2) is 4.21 Å². The van der Waals surface area contributed by atoms with Gasteiger partial charge in [-0.15, -0.1) is 13.2 Å². The van der Waals surface area contributed by atoms with Crippen LogP contribution in [-0.4, -0.2) is 21.5 Å². The summed E-state index contributed by atoms with van der Waals surface area (Å²) >= 11 is 0. The molecule has 0 radical (unpaired) electrons. The SMILES string of the molecule is CC.CC.CC(C)(C)[S@](=O)/N=C/c1cccc(OC(F)(F)F)c1. The highest BCUT2D eigenvalue weighted by molar-refractivity contribution is 7.85. The monoisotopic (exact) mass is 353 g/mol. The molecule has 0 N–H and O–H groups in total. The molecule has 0 amide bonds. The molecule has 0 aliphatic rings. The van der Waals surface area contributed by atoms with E-state index in [1.54, 1.807) is 26.8 Å². The van der Waals surface area contributed by atoms with Crippen LogP contribution in [0.15, 0.2) is 28.7 Å². The predicted molar refractivity (Wildman–Crippen MR) is 91.3 cm³/mol. The Bertz CT molecular complexity index is 495. The van der Waals surface area contributed by atoms with Crippen molar-refractivity contribution < 1.29 is 22.1 Å². The van der Waals surface area contributed by atoms with E-state index in [-0.39, 0.29) is 5.75 Å². The third-order valence-electron chi connectivity index (χ3n) is 1.91. The van der Waals surface area contributed by atoms with E-state index < -0.39 is 22.1 Å². The van der Waals surface area contributed by atoms with Crippen LogP contribution in [0.3, 0.4) is 0 Å². The van der Waals surface area contributed by atoms with E-state index in [2.05, 4.69) is 9.13 Å². The van der Waals surface area contributed by atoms with Gasteiger partial charge in [-0.2, -0.15) is 4.40 Å². The van der Waals surface area contributed by atoms with Gasteiger partial charge in [0.15, 0.2) is 0 Å². The Kier molecular flexibility index (Phi) is 11.6. The van der Waals surface area contributed by atoms with Crippen LogP contribution in [0.5, 0.6) is 5.75 Å². The number of ether oxygens (including phenoxy) is 1. The molecule has 3 nitrogen and oxygen atoms in total. The average Bonchev–Trinajstić information content (AvgIpc) is 2.46. The lowest BCUT2D eigenvalue weighted by Crippen LogP contribution is -2.19. The van der Waals surface area contributed by atoms with Crippen molar-refractivity contribution in [1.29, 1.82) is 0 Å². The summed E-state index contributed by atoms with van der Waals surface area (Å²) in [6.07, 6.45) is -3.46. The van der Waals surface area contributed by atoms with Gasteiger partial charge in [-0.3, -0.25) is 0 Å². The minimum Gasteiger partial charge on any atom is -0.406 e. The van der Waals surface area contributed by atoms with E-state index in [9.17, 15) is 17.4 Å². The maximum atomic E-state index is 12.0. The molecule has 0 unspecified atom stereocenters. The molecule has 1 rings (SSSR count). The molecule has 0 bridgehead atoms. The van der Waals surface area contributed by atoms with Crippen molar-refractivity contribution in [2.24, 2.45) is 4.40 Å². The molecule has 1 atom stereocenters. The van der Waals surface area contributed by atoms with Gasteiger partial charge in [0.2, 0.25) is 0 Å². The molecule has 1 aromatic rings. The van der Waals surface area contributed by atoms with Crippen LogP contribution in [0.25, 0.3) is 0 Å². The number of benzene rings is 1.